The van der Waals surface area contributed by atoms with Crippen LogP contribution in [0.3, 0.4) is 0 Å². The highest BCUT2D eigenvalue weighted by molar-refractivity contribution is 5.98. The Hall–Kier alpha value is -1.59. The Labute approximate surface area is 126 Å². The molecule has 0 aliphatic carbocycles. The molecule has 0 atom stereocenters. The van der Waals surface area contributed by atoms with Crippen LogP contribution in [0, 0.1) is 0 Å². The first-order chi connectivity index (χ1) is 10.1. The van der Waals surface area contributed by atoms with E-state index in [-0.39, 0.29) is 5.78 Å². The van der Waals surface area contributed by atoms with Gasteiger partial charge in [-0.1, -0.05) is 0 Å². The number of methoxy groups -OCH3 is 2. The lowest BCUT2D eigenvalue weighted by molar-refractivity contribution is 0.0981. The number of benzene rings is 1. The summed E-state index contributed by atoms with van der Waals surface area (Å²) in [5.74, 6) is 1.33. The minimum atomic E-state index is 0.0612. The molecular formula is C16H24N2O3. The van der Waals surface area contributed by atoms with Crippen LogP contribution >= 0.6 is 0 Å². The smallest absolute Gasteiger partial charge is 0.176 e. The van der Waals surface area contributed by atoms with E-state index in [1.165, 1.54) is 0 Å². The SMILES string of the molecule is COc1cc(OC)cc(C(=O)CNC2CCN(C)CC2)c1. The van der Waals surface area contributed by atoms with Crippen molar-refractivity contribution in [1.82, 2.24) is 10.2 Å². The number of ketones is 1. The molecule has 1 N–H and O–H groups in total. The van der Waals surface area contributed by atoms with Crippen LogP contribution in [0.25, 0.3) is 0 Å². The normalized spacial score (nSPS) is 16.7. The van der Waals surface area contributed by atoms with E-state index in [9.17, 15) is 4.79 Å². The number of likely N-dealkylation sites (tertiary alicyclic amines) is 1. The third-order valence-electron chi connectivity index (χ3n) is 3.94. The number of nitrogens with one attached hydrogen (secondary N) is 1. The summed E-state index contributed by atoms with van der Waals surface area (Å²) in [4.78, 5) is 14.6. The van der Waals surface area contributed by atoms with E-state index in [4.69, 9.17) is 9.47 Å². The van der Waals surface area contributed by atoms with Crippen molar-refractivity contribution in [2.24, 2.45) is 0 Å². The number of carbonyl (C=O) groups is 1. The summed E-state index contributed by atoms with van der Waals surface area (Å²) in [6.45, 7) is 2.52. The molecule has 5 nitrogen and oxygen atoms in total. The molecule has 2 rings (SSSR count). The molecule has 0 radical (unpaired) electrons. The number of nitrogens with zero attached hydrogens (tertiary/aromatic N) is 1. The molecule has 0 bridgehead atoms. The van der Waals surface area contributed by atoms with Crippen molar-refractivity contribution in [3.05, 3.63) is 23.8 Å². The van der Waals surface area contributed by atoms with Crippen LogP contribution in [0.1, 0.15) is 23.2 Å². The zero-order valence-corrected chi connectivity index (χ0v) is 13.0. The zero-order valence-electron chi connectivity index (χ0n) is 13.0. The monoisotopic (exact) mass is 292 g/mol. The molecule has 116 valence electrons. The van der Waals surface area contributed by atoms with E-state index in [2.05, 4.69) is 17.3 Å². The number of ether oxygens (including phenoxy) is 2. The predicted octanol–water partition coefficient (Wildman–Crippen LogP) is 1.57. The van der Waals surface area contributed by atoms with Gasteiger partial charge in [0, 0.05) is 17.7 Å². The highest BCUT2D eigenvalue weighted by Gasteiger charge is 2.17. The van der Waals surface area contributed by atoms with Crippen molar-refractivity contribution in [3.8, 4) is 11.5 Å². The minimum absolute atomic E-state index is 0.0612. The van der Waals surface area contributed by atoms with Crippen molar-refractivity contribution in [2.45, 2.75) is 18.9 Å². The molecule has 1 heterocycles. The Balaban J connectivity index is 1.93. The first-order valence-electron chi connectivity index (χ1n) is 7.30. The Bertz CT molecular complexity index is 460. The largest absolute Gasteiger partial charge is 0.497 e. The van der Waals surface area contributed by atoms with Crippen molar-refractivity contribution in [1.29, 1.82) is 0 Å². The lowest BCUT2D eigenvalue weighted by Crippen LogP contribution is -2.42. The molecule has 0 aromatic heterocycles. The van der Waals surface area contributed by atoms with Gasteiger partial charge in [0.1, 0.15) is 11.5 Å². The summed E-state index contributed by atoms with van der Waals surface area (Å²) in [5.41, 5.74) is 0.617. The third kappa shape index (κ3) is 4.44. The highest BCUT2D eigenvalue weighted by Crippen LogP contribution is 2.22. The highest BCUT2D eigenvalue weighted by atomic mass is 16.5. The lowest BCUT2D eigenvalue weighted by Gasteiger charge is -2.29. The van der Waals surface area contributed by atoms with Gasteiger partial charge in [-0.25, -0.2) is 0 Å². The summed E-state index contributed by atoms with van der Waals surface area (Å²) in [5, 5.41) is 3.36. The maximum absolute atomic E-state index is 12.3. The van der Waals surface area contributed by atoms with Crippen molar-refractivity contribution in [2.75, 3.05) is 40.9 Å². The van der Waals surface area contributed by atoms with E-state index in [0.717, 1.165) is 25.9 Å². The van der Waals surface area contributed by atoms with E-state index in [0.29, 0.717) is 29.6 Å². The fraction of sp³-hybridized carbons (Fsp3) is 0.562. The molecule has 1 fully saturated rings. The van der Waals surface area contributed by atoms with Crippen LogP contribution in [-0.4, -0.2) is 57.6 Å². The van der Waals surface area contributed by atoms with Gasteiger partial charge in [0.2, 0.25) is 0 Å². The zero-order chi connectivity index (χ0) is 15.2. The number of Topliss-reactive ketones (excluding diaryl/α,β-unsaturated/α-hetero) is 1. The number of carbonyl (C=O) groups excluding carboxylic acids is 1. The molecule has 0 saturated carbocycles. The molecule has 5 heteroatoms. The summed E-state index contributed by atoms with van der Waals surface area (Å²) in [6.07, 6.45) is 2.18. The third-order valence-corrected chi connectivity index (χ3v) is 3.94. The quantitative estimate of drug-likeness (QED) is 0.807. The van der Waals surface area contributed by atoms with Crippen molar-refractivity contribution >= 4 is 5.78 Å². The topological polar surface area (TPSA) is 50.8 Å². The van der Waals surface area contributed by atoms with E-state index >= 15 is 0 Å². The number of rotatable bonds is 6. The lowest BCUT2D eigenvalue weighted by atomic mass is 10.0. The number of piperidine rings is 1. The van der Waals surface area contributed by atoms with E-state index in [1.54, 1.807) is 32.4 Å². The van der Waals surface area contributed by atoms with Crippen molar-refractivity contribution in [3.63, 3.8) is 0 Å². The van der Waals surface area contributed by atoms with Gasteiger partial charge in [-0.15, -0.1) is 0 Å². The first kappa shape index (κ1) is 15.8. The fourth-order valence-electron chi connectivity index (χ4n) is 2.52. The Morgan fingerprint density at radius 3 is 2.29 bits per heavy atom. The van der Waals surface area contributed by atoms with Crippen LogP contribution in [0.4, 0.5) is 0 Å². The average molecular weight is 292 g/mol. The summed E-state index contributed by atoms with van der Waals surface area (Å²) in [6, 6.07) is 5.70. The Morgan fingerprint density at radius 2 is 1.76 bits per heavy atom. The van der Waals surface area contributed by atoms with Crippen molar-refractivity contribution < 1.29 is 14.3 Å². The van der Waals surface area contributed by atoms with Gasteiger partial charge in [0.25, 0.3) is 0 Å². The van der Waals surface area contributed by atoms with Gasteiger partial charge in [0.05, 0.1) is 20.8 Å². The second kappa shape index (κ2) is 7.43. The molecule has 1 saturated heterocycles. The van der Waals surface area contributed by atoms with Crippen LogP contribution in [0.15, 0.2) is 18.2 Å². The predicted molar refractivity (Wildman–Crippen MR) is 82.4 cm³/mol. The van der Waals surface area contributed by atoms with Gasteiger partial charge in [0.15, 0.2) is 5.78 Å². The van der Waals surface area contributed by atoms with E-state index < -0.39 is 0 Å². The molecule has 0 spiro atoms. The molecule has 1 aliphatic heterocycles. The summed E-state index contributed by atoms with van der Waals surface area (Å²) in [7, 11) is 5.30. The second-order valence-electron chi connectivity index (χ2n) is 5.48. The Morgan fingerprint density at radius 1 is 1.19 bits per heavy atom. The fourth-order valence-corrected chi connectivity index (χ4v) is 2.52. The second-order valence-corrected chi connectivity index (χ2v) is 5.48. The molecule has 1 aliphatic rings. The standard InChI is InChI=1S/C16H24N2O3/c1-18-6-4-13(5-7-18)17-11-16(19)12-8-14(20-2)10-15(9-12)21-3/h8-10,13,17H,4-7,11H2,1-3H3. The van der Waals surface area contributed by atoms with Gasteiger partial charge in [-0.3, -0.25) is 4.79 Å². The molecule has 21 heavy (non-hydrogen) atoms. The maximum atomic E-state index is 12.3. The maximum Gasteiger partial charge on any atom is 0.176 e. The number of hydrogen-bond acceptors (Lipinski definition) is 5. The van der Waals surface area contributed by atoms with Crippen LogP contribution in [0.5, 0.6) is 11.5 Å². The average Bonchev–Trinajstić information content (AvgIpc) is 2.53. The molecular weight excluding hydrogens is 268 g/mol. The summed E-state index contributed by atoms with van der Waals surface area (Å²) < 4.78 is 10.4. The van der Waals surface area contributed by atoms with Crippen LogP contribution < -0.4 is 14.8 Å². The summed E-state index contributed by atoms with van der Waals surface area (Å²) >= 11 is 0. The minimum Gasteiger partial charge on any atom is -0.497 e. The first-order valence-corrected chi connectivity index (χ1v) is 7.30. The molecule has 1 aromatic rings. The van der Waals surface area contributed by atoms with Gasteiger partial charge < -0.3 is 19.7 Å². The van der Waals surface area contributed by atoms with Gasteiger partial charge >= 0.3 is 0 Å². The number of hydrogen-bond donors (Lipinski definition) is 1. The molecule has 1 aromatic carbocycles. The molecule has 0 unspecified atom stereocenters. The van der Waals surface area contributed by atoms with Gasteiger partial charge in [-0.2, -0.15) is 0 Å². The Kier molecular flexibility index (Phi) is 5.59. The van der Waals surface area contributed by atoms with Crippen LogP contribution in [-0.2, 0) is 0 Å². The van der Waals surface area contributed by atoms with Crippen LogP contribution in [0.2, 0.25) is 0 Å². The molecule has 0 amide bonds. The van der Waals surface area contributed by atoms with E-state index in [1.807, 2.05) is 0 Å². The van der Waals surface area contributed by atoms with Gasteiger partial charge in [-0.05, 0) is 45.1 Å².